The van der Waals surface area contributed by atoms with Gasteiger partial charge in [0.2, 0.25) is 5.91 Å². The Hall–Kier alpha value is -1.53. The lowest BCUT2D eigenvalue weighted by Crippen LogP contribution is -2.65. The van der Waals surface area contributed by atoms with Crippen LogP contribution in [0.5, 0.6) is 0 Å². The van der Waals surface area contributed by atoms with Gasteiger partial charge < -0.3 is 65.1 Å². The first-order chi connectivity index (χ1) is 40.6. The number of aliphatic hydroxyl groups excluding tert-OH is 8. The van der Waals surface area contributed by atoms with Crippen molar-refractivity contribution in [2.24, 2.45) is 0 Å². The van der Waals surface area contributed by atoms with Crippen LogP contribution in [0.4, 0.5) is 0 Å². The maximum atomic E-state index is 13.3. The maximum Gasteiger partial charge on any atom is 0.220 e. The zero-order valence-corrected chi connectivity index (χ0v) is 53.2. The monoisotopic (exact) mass is 1180 g/mol. The molecule has 2 rings (SSSR count). The zero-order valence-electron chi connectivity index (χ0n) is 53.2. The van der Waals surface area contributed by atoms with E-state index in [4.69, 9.17) is 18.9 Å². The lowest BCUT2D eigenvalue weighted by molar-refractivity contribution is -0.359. The van der Waals surface area contributed by atoms with Crippen molar-refractivity contribution < 1.29 is 64.6 Å². The van der Waals surface area contributed by atoms with E-state index >= 15 is 0 Å². The Bertz CT molecular complexity index is 1490. The molecule has 9 N–H and O–H groups in total. The minimum atomic E-state index is -1.79. The number of nitrogens with one attached hydrogen (secondary N) is 1. The van der Waals surface area contributed by atoms with Gasteiger partial charge in [-0.25, -0.2) is 0 Å². The van der Waals surface area contributed by atoms with Gasteiger partial charge in [0.15, 0.2) is 12.6 Å². The molecule has 12 unspecified atom stereocenters. The molecule has 490 valence electrons. The van der Waals surface area contributed by atoms with Gasteiger partial charge in [-0.3, -0.25) is 4.79 Å². The Kier molecular flexibility index (Phi) is 51.0. The molecule has 2 fully saturated rings. The van der Waals surface area contributed by atoms with E-state index < -0.39 is 86.8 Å². The molecule has 2 aliphatic rings. The fourth-order valence-corrected chi connectivity index (χ4v) is 11.8. The molecule has 0 spiro atoms. The lowest BCUT2D eigenvalue weighted by Gasteiger charge is -2.46. The summed E-state index contributed by atoms with van der Waals surface area (Å²) in [5.74, 6) is -0.242. The van der Waals surface area contributed by atoms with Crippen LogP contribution >= 0.6 is 0 Å². The molecule has 12 atom stereocenters. The van der Waals surface area contributed by atoms with Gasteiger partial charge in [0, 0.05) is 6.42 Å². The average molecular weight is 1180 g/mol. The van der Waals surface area contributed by atoms with Crippen LogP contribution in [0, 0.1) is 0 Å². The van der Waals surface area contributed by atoms with Crippen LogP contribution in [0.3, 0.4) is 0 Å². The molecule has 14 heteroatoms. The molecule has 2 heterocycles. The standard InChI is InChI=1S/C69H131NO13/c1-3-5-7-9-11-13-15-17-19-21-23-25-27-28-29-30-31-33-35-37-39-41-43-45-47-49-51-53-61(74)70-57(56-80-68-66(79)64(77)67(60(55-72)82-68)83-69-65(78)63(76)62(75)59(54-71)81-69)58(73)52-50-48-46-44-42-40-38-36-34-32-26-24-22-20-18-16-14-12-10-8-6-4-2/h42,44,50,52,57-60,62-69,71-73,75-79H,3-41,43,45-49,51,53-56H2,1-2H3,(H,70,74)/b44-42+,52-50+. The van der Waals surface area contributed by atoms with Crippen LogP contribution in [0.15, 0.2) is 24.3 Å². The molecule has 0 aliphatic carbocycles. The highest BCUT2D eigenvalue weighted by molar-refractivity contribution is 5.76. The molecule has 14 nitrogen and oxygen atoms in total. The lowest BCUT2D eigenvalue weighted by atomic mass is 9.97. The van der Waals surface area contributed by atoms with E-state index in [1.54, 1.807) is 6.08 Å². The van der Waals surface area contributed by atoms with Gasteiger partial charge in [-0.2, -0.15) is 0 Å². The van der Waals surface area contributed by atoms with E-state index in [0.29, 0.717) is 12.8 Å². The van der Waals surface area contributed by atoms with E-state index in [0.717, 1.165) is 32.1 Å². The number of aliphatic hydroxyl groups is 8. The highest BCUT2D eigenvalue weighted by atomic mass is 16.7. The van der Waals surface area contributed by atoms with Crippen LogP contribution in [0.25, 0.3) is 0 Å². The number of allylic oxidation sites excluding steroid dienone is 3. The molecule has 83 heavy (non-hydrogen) atoms. The molecule has 0 bridgehead atoms. The van der Waals surface area contributed by atoms with Gasteiger partial charge in [-0.1, -0.05) is 301 Å². The highest BCUT2D eigenvalue weighted by Gasteiger charge is 2.51. The van der Waals surface area contributed by atoms with Crippen molar-refractivity contribution in [3.63, 3.8) is 0 Å². The van der Waals surface area contributed by atoms with Crippen molar-refractivity contribution in [2.45, 2.75) is 389 Å². The summed E-state index contributed by atoms with van der Waals surface area (Å²) in [6.07, 6.45) is 51.0. The summed E-state index contributed by atoms with van der Waals surface area (Å²) >= 11 is 0. The molecule has 2 aliphatic heterocycles. The molecule has 0 aromatic carbocycles. The first kappa shape index (κ1) is 77.6. The summed E-state index contributed by atoms with van der Waals surface area (Å²) in [7, 11) is 0. The number of ether oxygens (including phenoxy) is 4. The number of hydrogen-bond donors (Lipinski definition) is 9. The molecule has 0 aromatic rings. The molecule has 2 saturated heterocycles. The minimum Gasteiger partial charge on any atom is -0.394 e. The summed E-state index contributed by atoms with van der Waals surface area (Å²) in [6.45, 7) is 2.84. The molecule has 0 saturated carbocycles. The molecular formula is C69H131NO13. The number of rotatable bonds is 58. The van der Waals surface area contributed by atoms with E-state index in [1.807, 2.05) is 6.08 Å². The first-order valence-electron chi connectivity index (χ1n) is 35.1. The fourth-order valence-electron chi connectivity index (χ4n) is 11.8. The van der Waals surface area contributed by atoms with E-state index in [-0.39, 0.29) is 18.9 Å². The Morgan fingerprint density at radius 3 is 1.18 bits per heavy atom. The third kappa shape index (κ3) is 39.2. The second-order valence-electron chi connectivity index (χ2n) is 25.0. The normalized spacial score (nSPS) is 23.9. The van der Waals surface area contributed by atoms with Crippen molar-refractivity contribution >= 4 is 5.91 Å². The predicted octanol–water partition coefficient (Wildman–Crippen LogP) is 14.0. The number of unbranched alkanes of at least 4 members (excludes halogenated alkanes) is 43. The van der Waals surface area contributed by atoms with Gasteiger partial charge in [0.1, 0.15) is 48.8 Å². The average Bonchev–Trinajstić information content (AvgIpc) is 3.59. The second kappa shape index (κ2) is 54.6. The summed E-state index contributed by atoms with van der Waals surface area (Å²) in [6, 6.07) is -0.929. The molecule has 1 amide bonds. The summed E-state index contributed by atoms with van der Waals surface area (Å²) in [4.78, 5) is 13.3. The van der Waals surface area contributed by atoms with Gasteiger partial charge >= 0.3 is 0 Å². The third-order valence-corrected chi connectivity index (χ3v) is 17.4. The zero-order chi connectivity index (χ0) is 60.2. The first-order valence-corrected chi connectivity index (χ1v) is 35.1. The van der Waals surface area contributed by atoms with Crippen molar-refractivity contribution in [1.29, 1.82) is 0 Å². The third-order valence-electron chi connectivity index (χ3n) is 17.4. The van der Waals surface area contributed by atoms with Crippen LogP contribution in [0.1, 0.15) is 316 Å². The van der Waals surface area contributed by atoms with Gasteiger partial charge in [0.25, 0.3) is 0 Å². The number of carbonyl (C=O) groups excluding carboxylic acids is 1. The van der Waals surface area contributed by atoms with Crippen molar-refractivity contribution in [1.82, 2.24) is 5.32 Å². The number of amides is 1. The fraction of sp³-hybridized carbons (Fsp3) is 0.928. The maximum absolute atomic E-state index is 13.3. The van der Waals surface area contributed by atoms with Crippen LogP contribution in [-0.4, -0.2) is 140 Å². The van der Waals surface area contributed by atoms with Gasteiger partial charge in [-0.15, -0.1) is 0 Å². The smallest absolute Gasteiger partial charge is 0.220 e. The van der Waals surface area contributed by atoms with E-state index in [9.17, 15) is 45.6 Å². The highest BCUT2D eigenvalue weighted by Crippen LogP contribution is 2.30. The summed E-state index contributed by atoms with van der Waals surface area (Å²) < 4.78 is 22.8. The minimum absolute atomic E-state index is 0.242. The summed E-state index contributed by atoms with van der Waals surface area (Å²) in [5, 5.41) is 87.4. The van der Waals surface area contributed by atoms with Crippen LogP contribution in [-0.2, 0) is 23.7 Å². The van der Waals surface area contributed by atoms with Gasteiger partial charge in [0.05, 0.1) is 32.0 Å². The van der Waals surface area contributed by atoms with Crippen molar-refractivity contribution in [3.8, 4) is 0 Å². The molecule has 0 radical (unpaired) electrons. The predicted molar refractivity (Wildman–Crippen MR) is 337 cm³/mol. The Labute approximate surface area is 507 Å². The Balaban J connectivity index is 1.69. The Morgan fingerprint density at radius 1 is 0.422 bits per heavy atom. The Morgan fingerprint density at radius 2 is 0.771 bits per heavy atom. The van der Waals surface area contributed by atoms with E-state index in [2.05, 4.69) is 31.3 Å². The van der Waals surface area contributed by atoms with E-state index in [1.165, 1.54) is 250 Å². The van der Waals surface area contributed by atoms with Crippen molar-refractivity contribution in [2.75, 3.05) is 19.8 Å². The van der Waals surface area contributed by atoms with Crippen LogP contribution < -0.4 is 5.32 Å². The molecular weight excluding hydrogens is 1050 g/mol. The topological polar surface area (TPSA) is 228 Å². The quantitative estimate of drug-likeness (QED) is 0.0204. The van der Waals surface area contributed by atoms with Crippen molar-refractivity contribution in [3.05, 3.63) is 24.3 Å². The number of hydrogen-bond acceptors (Lipinski definition) is 13. The SMILES string of the molecule is CCCCCCCCCCCCCCCCCC/C=C/CC/C=C/C(O)C(COC1OC(CO)C(OC2OC(CO)C(O)C(O)C2O)C(O)C1O)NC(=O)CCCCCCCCCCCCCCCCCCCCCCCCCCCCC. The largest absolute Gasteiger partial charge is 0.394 e. The summed E-state index contributed by atoms with van der Waals surface area (Å²) in [5.41, 5.74) is 0. The molecule has 0 aromatic heterocycles. The van der Waals surface area contributed by atoms with Crippen LogP contribution in [0.2, 0.25) is 0 Å². The number of carbonyl (C=O) groups is 1. The second-order valence-corrected chi connectivity index (χ2v) is 25.0. The van der Waals surface area contributed by atoms with Gasteiger partial charge in [-0.05, 0) is 32.1 Å².